The third-order valence-corrected chi connectivity index (χ3v) is 2.07. The highest BCUT2D eigenvalue weighted by molar-refractivity contribution is 6.38. The molecule has 1 aromatic rings. The van der Waals surface area contributed by atoms with Gasteiger partial charge in [0.25, 0.3) is 0 Å². The summed E-state index contributed by atoms with van der Waals surface area (Å²) in [6.45, 7) is 0.455. The minimum Gasteiger partial charge on any atom is -0.370 e. The first-order chi connectivity index (χ1) is 7.99. The number of guanidine groups is 2. The number of hydrogen-bond acceptors (Lipinski definition) is 1. The van der Waals surface area contributed by atoms with Gasteiger partial charge in [-0.15, -0.1) is 0 Å². The summed E-state index contributed by atoms with van der Waals surface area (Å²) in [4.78, 5) is 7.58. The van der Waals surface area contributed by atoms with Crippen LogP contribution < -0.4 is 28.1 Å². The molecule has 0 atom stereocenters. The van der Waals surface area contributed by atoms with E-state index in [0.29, 0.717) is 23.9 Å². The van der Waals surface area contributed by atoms with Gasteiger partial charge in [-0.05, 0) is 6.42 Å². The highest BCUT2D eigenvalue weighted by Crippen LogP contribution is 1.95. The van der Waals surface area contributed by atoms with Crippen LogP contribution in [0.3, 0.4) is 0 Å². The summed E-state index contributed by atoms with van der Waals surface area (Å²) in [6, 6.07) is 5.35. The van der Waals surface area contributed by atoms with Gasteiger partial charge < -0.3 is 17.2 Å². The molecule has 0 aromatic heterocycles. The maximum absolute atomic E-state index is 5.79. The van der Waals surface area contributed by atoms with Crippen molar-refractivity contribution in [3.8, 4) is 0 Å². The Kier molecular flexibility index (Phi) is 4.63. The summed E-state index contributed by atoms with van der Waals surface area (Å²) < 4.78 is 0. The molecule has 0 aliphatic heterocycles. The molecule has 6 N–H and O–H groups in total. The molecule has 7 heteroatoms. The zero-order valence-corrected chi connectivity index (χ0v) is 9.43. The summed E-state index contributed by atoms with van der Waals surface area (Å²) in [7, 11) is 11.4. The molecular formula is C10H13B2N5. The van der Waals surface area contributed by atoms with E-state index in [2.05, 4.69) is 9.98 Å². The van der Waals surface area contributed by atoms with Gasteiger partial charge in [-0.25, -0.2) is 0 Å². The lowest BCUT2D eigenvalue weighted by atomic mass is 9.83. The Labute approximate surface area is 103 Å². The van der Waals surface area contributed by atoms with Gasteiger partial charge in [0, 0.05) is 6.54 Å². The summed E-state index contributed by atoms with van der Waals surface area (Å²) in [6.07, 6.45) is 0.646. The molecule has 1 rings (SSSR count). The van der Waals surface area contributed by atoms with Gasteiger partial charge in [0.15, 0.2) is 5.96 Å². The Morgan fingerprint density at radius 1 is 1.18 bits per heavy atom. The standard InChI is InChI=1S/C10H13B2N5/c11-7-2-1-6(8(12)5-7)3-4-16-10(15)17-9(13)14/h1-2,5H,3-4H2,(H6,13,14,15,16,17). The SMILES string of the molecule is [B]c1ccc(CCN=C(N)N=C(N)N)c([B])c1. The number of nitrogens with zero attached hydrogens (tertiary/aromatic N) is 2. The molecule has 0 saturated carbocycles. The van der Waals surface area contributed by atoms with Crippen LogP contribution in [0.4, 0.5) is 0 Å². The van der Waals surface area contributed by atoms with Crippen molar-refractivity contribution in [3.05, 3.63) is 23.8 Å². The Morgan fingerprint density at radius 3 is 2.47 bits per heavy atom. The molecule has 5 nitrogen and oxygen atoms in total. The molecule has 0 aliphatic rings. The first-order valence-corrected chi connectivity index (χ1v) is 5.02. The van der Waals surface area contributed by atoms with Crippen LogP contribution in [-0.2, 0) is 6.42 Å². The maximum Gasteiger partial charge on any atom is 0.218 e. The normalized spacial score (nSPS) is 11.2. The van der Waals surface area contributed by atoms with Gasteiger partial charge in [0.1, 0.15) is 15.7 Å². The zero-order valence-electron chi connectivity index (χ0n) is 9.43. The lowest BCUT2D eigenvalue weighted by Crippen LogP contribution is -2.26. The first kappa shape index (κ1) is 13.2. The monoisotopic (exact) mass is 225 g/mol. The van der Waals surface area contributed by atoms with Crippen LogP contribution in [0.2, 0.25) is 0 Å². The van der Waals surface area contributed by atoms with E-state index in [1.165, 1.54) is 0 Å². The lowest BCUT2D eigenvalue weighted by Gasteiger charge is -2.05. The van der Waals surface area contributed by atoms with E-state index < -0.39 is 0 Å². The van der Waals surface area contributed by atoms with E-state index in [4.69, 9.17) is 32.9 Å². The van der Waals surface area contributed by atoms with Crippen molar-refractivity contribution in [1.82, 2.24) is 0 Å². The van der Waals surface area contributed by atoms with Crippen LogP contribution in [0, 0.1) is 0 Å². The van der Waals surface area contributed by atoms with Gasteiger partial charge in [-0.2, -0.15) is 4.99 Å². The van der Waals surface area contributed by atoms with E-state index in [0.717, 1.165) is 5.56 Å². The van der Waals surface area contributed by atoms with Crippen molar-refractivity contribution in [2.24, 2.45) is 27.2 Å². The fourth-order valence-electron chi connectivity index (χ4n) is 1.30. The number of aliphatic imine (C=N–C) groups is 2. The topological polar surface area (TPSA) is 103 Å². The molecule has 4 radical (unpaired) electrons. The molecular weight excluding hydrogens is 212 g/mol. The second-order valence-corrected chi connectivity index (χ2v) is 3.48. The molecule has 0 amide bonds. The first-order valence-electron chi connectivity index (χ1n) is 5.02. The largest absolute Gasteiger partial charge is 0.370 e. The third-order valence-electron chi connectivity index (χ3n) is 2.07. The van der Waals surface area contributed by atoms with Crippen LogP contribution >= 0.6 is 0 Å². The second kappa shape index (κ2) is 5.98. The third kappa shape index (κ3) is 4.63. The fourth-order valence-corrected chi connectivity index (χ4v) is 1.30. The summed E-state index contributed by atoms with van der Waals surface area (Å²) >= 11 is 0. The van der Waals surface area contributed by atoms with E-state index >= 15 is 0 Å². The molecule has 0 fully saturated rings. The number of hydrogen-bond donors (Lipinski definition) is 3. The Morgan fingerprint density at radius 2 is 1.88 bits per heavy atom. The second-order valence-electron chi connectivity index (χ2n) is 3.48. The Balaban J connectivity index is 2.59. The highest BCUT2D eigenvalue weighted by Gasteiger charge is 1.97. The van der Waals surface area contributed by atoms with Gasteiger partial charge >= 0.3 is 0 Å². The number of nitrogens with two attached hydrogens (primary N) is 3. The molecule has 84 valence electrons. The zero-order chi connectivity index (χ0) is 12.8. The van der Waals surface area contributed by atoms with Crippen molar-refractivity contribution < 1.29 is 0 Å². The molecule has 1 aromatic carbocycles. The lowest BCUT2D eigenvalue weighted by molar-refractivity contribution is 0.968. The highest BCUT2D eigenvalue weighted by atomic mass is 15.1. The van der Waals surface area contributed by atoms with Crippen LogP contribution in [0.25, 0.3) is 0 Å². The smallest absolute Gasteiger partial charge is 0.218 e. The molecule has 17 heavy (non-hydrogen) atoms. The van der Waals surface area contributed by atoms with Gasteiger partial charge in [0.2, 0.25) is 5.96 Å². The average molecular weight is 225 g/mol. The molecule has 0 aliphatic carbocycles. The van der Waals surface area contributed by atoms with Crippen molar-refractivity contribution in [3.63, 3.8) is 0 Å². The quantitative estimate of drug-likeness (QED) is 0.298. The summed E-state index contributed by atoms with van der Waals surface area (Å²) in [5, 5.41) is 0. The van der Waals surface area contributed by atoms with E-state index in [1.54, 1.807) is 12.1 Å². The van der Waals surface area contributed by atoms with Crippen LogP contribution in [0.1, 0.15) is 5.56 Å². The summed E-state index contributed by atoms with van der Waals surface area (Å²) in [5.74, 6) is -0.0581. The molecule has 0 heterocycles. The molecule has 0 saturated heterocycles. The van der Waals surface area contributed by atoms with Crippen LogP contribution in [-0.4, -0.2) is 34.2 Å². The Hall–Kier alpha value is -1.91. The van der Waals surface area contributed by atoms with Crippen molar-refractivity contribution in [2.45, 2.75) is 6.42 Å². The number of rotatable bonds is 3. The molecule has 0 unspecified atom stereocenters. The van der Waals surface area contributed by atoms with E-state index in [-0.39, 0.29) is 11.9 Å². The predicted octanol–water partition coefficient (Wildman–Crippen LogP) is -2.60. The van der Waals surface area contributed by atoms with Crippen molar-refractivity contribution in [1.29, 1.82) is 0 Å². The fraction of sp³-hybridized carbons (Fsp3) is 0.200. The van der Waals surface area contributed by atoms with Crippen molar-refractivity contribution in [2.75, 3.05) is 6.54 Å². The van der Waals surface area contributed by atoms with E-state index in [1.807, 2.05) is 6.07 Å². The van der Waals surface area contributed by atoms with Gasteiger partial charge in [-0.1, -0.05) is 34.7 Å². The minimum atomic E-state index is -0.113. The van der Waals surface area contributed by atoms with Crippen LogP contribution in [0.15, 0.2) is 28.2 Å². The minimum absolute atomic E-state index is 0.0546. The van der Waals surface area contributed by atoms with Gasteiger partial charge in [0.05, 0.1) is 0 Å². The Bertz CT molecular complexity index is 452. The van der Waals surface area contributed by atoms with Crippen LogP contribution in [0.5, 0.6) is 0 Å². The van der Waals surface area contributed by atoms with Gasteiger partial charge in [-0.3, -0.25) is 4.99 Å². The predicted molar refractivity (Wildman–Crippen MR) is 73.2 cm³/mol. The molecule has 0 bridgehead atoms. The van der Waals surface area contributed by atoms with Crippen molar-refractivity contribution >= 4 is 38.5 Å². The molecule has 0 spiro atoms. The summed E-state index contributed by atoms with van der Waals surface area (Å²) in [5.41, 5.74) is 18.0. The average Bonchev–Trinajstić information content (AvgIpc) is 2.20. The number of benzene rings is 1. The van der Waals surface area contributed by atoms with E-state index in [9.17, 15) is 0 Å². The maximum atomic E-state index is 5.79.